The average molecular weight is 305 g/mol. The summed E-state index contributed by atoms with van der Waals surface area (Å²) in [6.45, 7) is 2.69. The molecule has 1 aromatic carbocycles. The van der Waals surface area contributed by atoms with Crippen molar-refractivity contribution < 1.29 is 5.11 Å². The summed E-state index contributed by atoms with van der Waals surface area (Å²) in [5.74, 6) is 0. The van der Waals surface area contributed by atoms with Crippen molar-refractivity contribution in [3.05, 3.63) is 64.9 Å². The summed E-state index contributed by atoms with van der Waals surface area (Å²) < 4.78 is 0. The van der Waals surface area contributed by atoms with Crippen LogP contribution in [-0.2, 0) is 6.42 Å². The van der Waals surface area contributed by atoms with Crippen molar-refractivity contribution in [2.75, 3.05) is 6.54 Å². The van der Waals surface area contributed by atoms with E-state index in [1.54, 1.807) is 0 Å². The first-order chi connectivity index (χ1) is 10.1. The molecule has 0 fully saturated rings. The van der Waals surface area contributed by atoms with Crippen LogP contribution < -0.4 is 5.32 Å². The number of nitrogens with zero attached hydrogens (tertiary/aromatic N) is 1. The van der Waals surface area contributed by atoms with E-state index in [1.807, 2.05) is 48.7 Å². The number of aromatic nitrogens is 1. The number of aliphatic hydroxyl groups is 1. The molecule has 0 radical (unpaired) electrons. The summed E-state index contributed by atoms with van der Waals surface area (Å²) >= 11 is 5.77. The number of nitrogens with one attached hydrogen (secondary N) is 1. The second-order valence-corrected chi connectivity index (χ2v) is 5.65. The van der Waals surface area contributed by atoms with Gasteiger partial charge in [-0.3, -0.25) is 0 Å². The lowest BCUT2D eigenvalue weighted by Gasteiger charge is -2.17. The number of hydrogen-bond acceptors (Lipinski definition) is 3. The molecule has 0 aliphatic heterocycles. The van der Waals surface area contributed by atoms with Crippen LogP contribution in [0.25, 0.3) is 0 Å². The summed E-state index contributed by atoms with van der Waals surface area (Å²) in [5.41, 5.74) is 2.12. The van der Waals surface area contributed by atoms with Crippen LogP contribution in [-0.4, -0.2) is 22.7 Å². The fraction of sp³-hybridized carbons (Fsp3) is 0.353. The van der Waals surface area contributed by atoms with Gasteiger partial charge in [-0.2, -0.15) is 0 Å². The maximum Gasteiger partial charge on any atom is 0.129 e. The van der Waals surface area contributed by atoms with E-state index in [2.05, 4.69) is 17.2 Å². The summed E-state index contributed by atoms with van der Waals surface area (Å²) in [4.78, 5) is 4.08. The Bertz CT molecular complexity index is 530. The fourth-order valence-corrected chi connectivity index (χ4v) is 2.26. The van der Waals surface area contributed by atoms with Gasteiger partial charge in [0.1, 0.15) is 5.15 Å². The molecule has 0 spiro atoms. The van der Waals surface area contributed by atoms with Gasteiger partial charge in [0, 0.05) is 18.8 Å². The van der Waals surface area contributed by atoms with Crippen LogP contribution >= 0.6 is 11.6 Å². The van der Waals surface area contributed by atoms with Crippen LogP contribution in [0.5, 0.6) is 0 Å². The van der Waals surface area contributed by atoms with Crippen molar-refractivity contribution in [3.63, 3.8) is 0 Å². The highest BCUT2D eigenvalue weighted by atomic mass is 35.5. The molecule has 1 unspecified atom stereocenters. The number of benzene rings is 1. The van der Waals surface area contributed by atoms with Crippen LogP contribution in [0.2, 0.25) is 5.15 Å². The van der Waals surface area contributed by atoms with Crippen LogP contribution in [0.4, 0.5) is 0 Å². The summed E-state index contributed by atoms with van der Waals surface area (Å²) in [6, 6.07) is 13.9. The third-order valence-corrected chi connectivity index (χ3v) is 3.72. The van der Waals surface area contributed by atoms with E-state index in [0.29, 0.717) is 17.7 Å². The lowest BCUT2D eigenvalue weighted by Crippen LogP contribution is -2.30. The quantitative estimate of drug-likeness (QED) is 0.771. The Morgan fingerprint density at radius 2 is 1.95 bits per heavy atom. The highest BCUT2D eigenvalue weighted by Crippen LogP contribution is 2.12. The Balaban J connectivity index is 1.72. The van der Waals surface area contributed by atoms with Gasteiger partial charge in [-0.05, 0) is 37.0 Å². The van der Waals surface area contributed by atoms with Gasteiger partial charge in [-0.1, -0.05) is 48.0 Å². The van der Waals surface area contributed by atoms with Gasteiger partial charge in [0.05, 0.1) is 6.10 Å². The molecule has 1 aromatic heterocycles. The van der Waals surface area contributed by atoms with E-state index in [4.69, 9.17) is 11.6 Å². The van der Waals surface area contributed by atoms with Crippen molar-refractivity contribution >= 4 is 11.6 Å². The minimum atomic E-state index is -0.467. The molecule has 0 saturated heterocycles. The largest absolute Gasteiger partial charge is 0.387 e. The first-order valence-electron chi connectivity index (χ1n) is 7.22. The van der Waals surface area contributed by atoms with Gasteiger partial charge in [0.2, 0.25) is 0 Å². The molecule has 0 aliphatic carbocycles. The van der Waals surface area contributed by atoms with E-state index < -0.39 is 6.10 Å². The standard InChI is InChI=1S/C17H21ClN2O/c1-13(7-8-14-9-10-17(18)20-11-14)19-12-16(21)15-5-3-2-4-6-15/h2-6,9-11,13,16,19,21H,7-8,12H2,1H3/t13?,16-/m1/s1. The number of aryl methyl sites for hydroxylation is 1. The molecule has 2 aromatic rings. The van der Waals surface area contributed by atoms with Gasteiger partial charge in [-0.25, -0.2) is 4.98 Å². The second kappa shape index (κ2) is 8.13. The van der Waals surface area contributed by atoms with E-state index in [1.165, 1.54) is 5.56 Å². The van der Waals surface area contributed by atoms with Crippen LogP contribution in [0.3, 0.4) is 0 Å². The van der Waals surface area contributed by atoms with Gasteiger partial charge < -0.3 is 10.4 Å². The minimum Gasteiger partial charge on any atom is -0.387 e. The normalized spacial score (nSPS) is 13.9. The van der Waals surface area contributed by atoms with Crippen molar-refractivity contribution in [2.45, 2.75) is 31.9 Å². The number of rotatable bonds is 7. The molecule has 1 heterocycles. The Kier molecular flexibility index (Phi) is 6.18. The maximum absolute atomic E-state index is 10.1. The smallest absolute Gasteiger partial charge is 0.129 e. The zero-order valence-corrected chi connectivity index (χ0v) is 12.9. The van der Waals surface area contributed by atoms with E-state index >= 15 is 0 Å². The first-order valence-corrected chi connectivity index (χ1v) is 7.60. The molecule has 112 valence electrons. The molecule has 0 bridgehead atoms. The van der Waals surface area contributed by atoms with Crippen molar-refractivity contribution in [2.24, 2.45) is 0 Å². The Hall–Kier alpha value is -1.42. The third kappa shape index (κ3) is 5.46. The molecule has 0 amide bonds. The van der Waals surface area contributed by atoms with E-state index in [-0.39, 0.29) is 0 Å². The Labute approximate surface area is 131 Å². The Morgan fingerprint density at radius 3 is 2.62 bits per heavy atom. The second-order valence-electron chi connectivity index (χ2n) is 5.26. The SMILES string of the molecule is CC(CCc1ccc(Cl)nc1)NC[C@@H](O)c1ccccc1. The summed E-state index contributed by atoms with van der Waals surface area (Å²) in [6.07, 6.45) is 3.28. The molecule has 0 saturated carbocycles. The summed E-state index contributed by atoms with van der Waals surface area (Å²) in [7, 11) is 0. The molecule has 2 atom stereocenters. The van der Waals surface area contributed by atoms with Crippen molar-refractivity contribution in [1.29, 1.82) is 0 Å². The van der Waals surface area contributed by atoms with Crippen LogP contribution in [0, 0.1) is 0 Å². The van der Waals surface area contributed by atoms with Gasteiger partial charge in [-0.15, -0.1) is 0 Å². The van der Waals surface area contributed by atoms with E-state index in [9.17, 15) is 5.11 Å². The molecule has 0 aliphatic rings. The lowest BCUT2D eigenvalue weighted by molar-refractivity contribution is 0.170. The lowest BCUT2D eigenvalue weighted by atomic mass is 10.1. The van der Waals surface area contributed by atoms with Gasteiger partial charge in [0.25, 0.3) is 0 Å². The molecule has 2 rings (SSSR count). The van der Waals surface area contributed by atoms with Crippen LogP contribution in [0.15, 0.2) is 48.7 Å². The Morgan fingerprint density at radius 1 is 1.19 bits per heavy atom. The molecule has 4 heteroatoms. The fourth-order valence-electron chi connectivity index (χ4n) is 2.15. The highest BCUT2D eigenvalue weighted by Gasteiger charge is 2.09. The van der Waals surface area contributed by atoms with Crippen LogP contribution in [0.1, 0.15) is 30.6 Å². The number of hydrogen-bond donors (Lipinski definition) is 2. The topological polar surface area (TPSA) is 45.2 Å². The average Bonchev–Trinajstić information content (AvgIpc) is 2.53. The predicted molar refractivity (Wildman–Crippen MR) is 86.4 cm³/mol. The molecular weight excluding hydrogens is 284 g/mol. The first kappa shape index (κ1) is 16.0. The van der Waals surface area contributed by atoms with Crippen molar-refractivity contribution in [3.8, 4) is 0 Å². The molecule has 2 N–H and O–H groups in total. The predicted octanol–water partition coefficient (Wildman–Crippen LogP) is 3.38. The molecule has 21 heavy (non-hydrogen) atoms. The van der Waals surface area contributed by atoms with E-state index in [0.717, 1.165) is 18.4 Å². The molecule has 3 nitrogen and oxygen atoms in total. The third-order valence-electron chi connectivity index (χ3n) is 3.50. The number of aliphatic hydroxyl groups excluding tert-OH is 1. The summed E-state index contributed by atoms with van der Waals surface area (Å²) in [5, 5.41) is 14.0. The zero-order valence-electron chi connectivity index (χ0n) is 12.2. The van der Waals surface area contributed by atoms with Crippen molar-refractivity contribution in [1.82, 2.24) is 10.3 Å². The molecular formula is C17H21ClN2O. The number of halogens is 1. The monoisotopic (exact) mass is 304 g/mol. The maximum atomic E-state index is 10.1. The van der Waals surface area contributed by atoms with Gasteiger partial charge >= 0.3 is 0 Å². The zero-order chi connectivity index (χ0) is 15.1. The minimum absolute atomic E-state index is 0.332. The van der Waals surface area contributed by atoms with Gasteiger partial charge in [0.15, 0.2) is 0 Å². The number of pyridine rings is 1. The highest BCUT2D eigenvalue weighted by molar-refractivity contribution is 6.29.